The van der Waals surface area contributed by atoms with Crippen LogP contribution in [0.3, 0.4) is 0 Å². The van der Waals surface area contributed by atoms with Gasteiger partial charge in [0.25, 0.3) is 0 Å². The Morgan fingerprint density at radius 1 is 1.44 bits per heavy atom. The summed E-state index contributed by atoms with van der Waals surface area (Å²) in [5.41, 5.74) is 2.27. The molecule has 0 saturated heterocycles. The zero-order valence-electron chi connectivity index (χ0n) is 10.6. The molecule has 0 bridgehead atoms. The third-order valence-corrected chi connectivity index (χ3v) is 3.70. The average molecular weight is 264 g/mol. The van der Waals surface area contributed by atoms with Crippen LogP contribution in [0.4, 0.5) is 0 Å². The van der Waals surface area contributed by atoms with Gasteiger partial charge in [0.2, 0.25) is 0 Å². The van der Waals surface area contributed by atoms with E-state index < -0.39 is 0 Å². The summed E-state index contributed by atoms with van der Waals surface area (Å²) < 4.78 is 2.40. The quantitative estimate of drug-likeness (QED) is 0.840. The molecule has 0 radical (unpaired) electrons. The van der Waals surface area contributed by atoms with Crippen molar-refractivity contribution in [2.45, 2.75) is 31.7 Å². The van der Waals surface area contributed by atoms with Gasteiger partial charge >= 0.3 is 0 Å². The largest absolute Gasteiger partial charge is 0.325 e. The van der Waals surface area contributed by atoms with Crippen molar-refractivity contribution in [3.8, 4) is 0 Å². The van der Waals surface area contributed by atoms with Crippen molar-refractivity contribution in [2.75, 3.05) is 13.6 Å². The van der Waals surface area contributed by atoms with Crippen molar-refractivity contribution in [3.63, 3.8) is 0 Å². The number of aryl methyl sites for hydroxylation is 1. The Labute approximate surface area is 112 Å². The SMILES string of the molecule is CNCCCc1nc2ccc(Cl)cc2n1C1CC1. The Bertz CT molecular complexity index is 557. The van der Waals surface area contributed by atoms with E-state index in [4.69, 9.17) is 16.6 Å². The van der Waals surface area contributed by atoms with Gasteiger partial charge in [0.1, 0.15) is 5.82 Å². The molecular weight excluding hydrogens is 246 g/mol. The maximum Gasteiger partial charge on any atom is 0.110 e. The van der Waals surface area contributed by atoms with Crippen LogP contribution in [0.1, 0.15) is 31.1 Å². The first-order valence-corrected chi connectivity index (χ1v) is 6.98. The molecule has 1 aliphatic carbocycles. The highest BCUT2D eigenvalue weighted by Gasteiger charge is 2.27. The molecule has 96 valence electrons. The van der Waals surface area contributed by atoms with Crippen LogP contribution in [0.25, 0.3) is 11.0 Å². The molecular formula is C14H18ClN3. The van der Waals surface area contributed by atoms with Gasteiger partial charge < -0.3 is 9.88 Å². The highest BCUT2D eigenvalue weighted by Crippen LogP contribution is 2.39. The van der Waals surface area contributed by atoms with Gasteiger partial charge in [0.05, 0.1) is 11.0 Å². The number of halogens is 1. The lowest BCUT2D eigenvalue weighted by Gasteiger charge is -2.07. The molecule has 1 aliphatic rings. The Morgan fingerprint density at radius 3 is 3.00 bits per heavy atom. The Balaban J connectivity index is 1.98. The van der Waals surface area contributed by atoms with Gasteiger partial charge in [-0.2, -0.15) is 0 Å². The third-order valence-electron chi connectivity index (χ3n) is 3.46. The minimum absolute atomic E-state index is 0.651. The highest BCUT2D eigenvalue weighted by molar-refractivity contribution is 6.31. The number of nitrogens with zero attached hydrogens (tertiary/aromatic N) is 2. The molecule has 1 saturated carbocycles. The van der Waals surface area contributed by atoms with Crippen LogP contribution in [0, 0.1) is 0 Å². The summed E-state index contributed by atoms with van der Waals surface area (Å²) in [6.45, 7) is 1.04. The lowest BCUT2D eigenvalue weighted by molar-refractivity contribution is 0.649. The lowest BCUT2D eigenvalue weighted by Crippen LogP contribution is -2.10. The minimum Gasteiger partial charge on any atom is -0.325 e. The van der Waals surface area contributed by atoms with Gasteiger partial charge in [-0.3, -0.25) is 0 Å². The normalized spacial score (nSPS) is 15.4. The molecule has 0 aliphatic heterocycles. The summed E-state index contributed by atoms with van der Waals surface area (Å²) in [6, 6.07) is 6.64. The van der Waals surface area contributed by atoms with E-state index in [0.29, 0.717) is 6.04 Å². The topological polar surface area (TPSA) is 29.9 Å². The molecule has 0 unspecified atom stereocenters. The van der Waals surface area contributed by atoms with E-state index >= 15 is 0 Å². The Kier molecular flexibility index (Phi) is 3.27. The second-order valence-corrected chi connectivity index (χ2v) is 5.41. The van der Waals surface area contributed by atoms with E-state index in [1.54, 1.807) is 0 Å². The molecule has 3 rings (SSSR count). The standard InChI is InChI=1S/C14H18ClN3/c1-16-8-2-3-14-17-12-7-4-10(15)9-13(12)18(14)11-5-6-11/h4,7,9,11,16H,2-3,5-6,8H2,1H3. The summed E-state index contributed by atoms with van der Waals surface area (Å²) in [5, 5.41) is 3.98. The predicted molar refractivity (Wildman–Crippen MR) is 75.3 cm³/mol. The number of nitrogens with one attached hydrogen (secondary N) is 1. The summed E-state index contributed by atoms with van der Waals surface area (Å²) in [4.78, 5) is 4.76. The highest BCUT2D eigenvalue weighted by atomic mass is 35.5. The molecule has 2 aromatic rings. The van der Waals surface area contributed by atoms with Crippen molar-refractivity contribution >= 4 is 22.6 Å². The molecule has 3 nitrogen and oxygen atoms in total. The maximum atomic E-state index is 6.10. The van der Waals surface area contributed by atoms with Crippen molar-refractivity contribution in [1.82, 2.24) is 14.9 Å². The second-order valence-electron chi connectivity index (χ2n) is 4.97. The van der Waals surface area contributed by atoms with E-state index in [2.05, 4.69) is 9.88 Å². The molecule has 1 aromatic heterocycles. The van der Waals surface area contributed by atoms with Crippen LogP contribution in [0.15, 0.2) is 18.2 Å². The zero-order chi connectivity index (χ0) is 12.5. The fourth-order valence-electron chi connectivity index (χ4n) is 2.46. The lowest BCUT2D eigenvalue weighted by atomic mass is 10.3. The molecule has 0 spiro atoms. The first-order valence-electron chi connectivity index (χ1n) is 6.60. The summed E-state index contributed by atoms with van der Waals surface area (Å²) in [5.74, 6) is 1.21. The summed E-state index contributed by atoms with van der Waals surface area (Å²) >= 11 is 6.10. The van der Waals surface area contributed by atoms with Crippen molar-refractivity contribution < 1.29 is 0 Å². The molecule has 4 heteroatoms. The zero-order valence-corrected chi connectivity index (χ0v) is 11.4. The van der Waals surface area contributed by atoms with Gasteiger partial charge in [-0.25, -0.2) is 4.98 Å². The number of hydrogen-bond donors (Lipinski definition) is 1. The number of benzene rings is 1. The first-order chi connectivity index (χ1) is 8.79. The molecule has 1 fully saturated rings. The molecule has 1 heterocycles. The van der Waals surface area contributed by atoms with Gasteiger partial charge in [0, 0.05) is 17.5 Å². The number of imidazole rings is 1. The van der Waals surface area contributed by atoms with Gasteiger partial charge in [-0.05, 0) is 51.1 Å². The van der Waals surface area contributed by atoms with E-state index in [1.807, 2.05) is 25.2 Å². The fourth-order valence-corrected chi connectivity index (χ4v) is 2.62. The third kappa shape index (κ3) is 2.25. The fraction of sp³-hybridized carbons (Fsp3) is 0.500. The number of aromatic nitrogens is 2. The molecule has 18 heavy (non-hydrogen) atoms. The van der Waals surface area contributed by atoms with Gasteiger partial charge in [-0.1, -0.05) is 11.6 Å². The van der Waals surface area contributed by atoms with E-state index in [0.717, 1.165) is 29.9 Å². The van der Waals surface area contributed by atoms with E-state index in [-0.39, 0.29) is 0 Å². The summed E-state index contributed by atoms with van der Waals surface area (Å²) in [6.07, 6.45) is 4.71. The minimum atomic E-state index is 0.651. The van der Waals surface area contributed by atoms with Crippen LogP contribution in [-0.4, -0.2) is 23.1 Å². The van der Waals surface area contributed by atoms with Crippen molar-refractivity contribution in [2.24, 2.45) is 0 Å². The summed E-state index contributed by atoms with van der Waals surface area (Å²) in [7, 11) is 1.99. The molecule has 1 N–H and O–H groups in total. The van der Waals surface area contributed by atoms with Crippen LogP contribution in [0.5, 0.6) is 0 Å². The Morgan fingerprint density at radius 2 is 2.28 bits per heavy atom. The molecule has 0 amide bonds. The number of rotatable bonds is 5. The van der Waals surface area contributed by atoms with Crippen LogP contribution in [0.2, 0.25) is 5.02 Å². The smallest absolute Gasteiger partial charge is 0.110 e. The maximum absolute atomic E-state index is 6.10. The predicted octanol–water partition coefficient (Wildman–Crippen LogP) is 3.18. The molecule has 1 aromatic carbocycles. The average Bonchev–Trinajstić information content (AvgIpc) is 3.12. The van der Waals surface area contributed by atoms with Crippen LogP contribution < -0.4 is 5.32 Å². The Hall–Kier alpha value is -1.06. The first kappa shape index (κ1) is 12.0. The number of fused-ring (bicyclic) bond motifs is 1. The van der Waals surface area contributed by atoms with Gasteiger partial charge in [-0.15, -0.1) is 0 Å². The van der Waals surface area contributed by atoms with Crippen LogP contribution >= 0.6 is 11.6 Å². The van der Waals surface area contributed by atoms with Crippen molar-refractivity contribution in [1.29, 1.82) is 0 Å². The van der Waals surface area contributed by atoms with E-state index in [9.17, 15) is 0 Å². The van der Waals surface area contributed by atoms with E-state index in [1.165, 1.54) is 24.2 Å². The number of hydrogen-bond acceptors (Lipinski definition) is 2. The van der Waals surface area contributed by atoms with Crippen molar-refractivity contribution in [3.05, 3.63) is 29.0 Å². The van der Waals surface area contributed by atoms with Gasteiger partial charge in [0.15, 0.2) is 0 Å². The monoisotopic (exact) mass is 263 g/mol. The van der Waals surface area contributed by atoms with Crippen LogP contribution in [-0.2, 0) is 6.42 Å². The molecule has 0 atom stereocenters. The second kappa shape index (κ2) is 4.90.